The summed E-state index contributed by atoms with van der Waals surface area (Å²) in [6.45, 7) is 0. The zero-order valence-electron chi connectivity index (χ0n) is 9.25. The van der Waals surface area contributed by atoms with Crippen LogP contribution in [-0.4, -0.2) is 20.0 Å². The second-order valence-electron chi connectivity index (χ2n) is 3.77. The Morgan fingerprint density at radius 1 is 1.22 bits per heavy atom. The molecule has 0 radical (unpaired) electrons. The van der Waals surface area contributed by atoms with Gasteiger partial charge < -0.3 is 9.66 Å². The molecule has 1 atom stereocenters. The highest BCUT2D eigenvalue weighted by Crippen LogP contribution is 2.21. The van der Waals surface area contributed by atoms with Crippen LogP contribution < -0.4 is 5.32 Å². The molecular weight excluding hydrogens is 254 g/mol. The first-order valence-corrected chi connectivity index (χ1v) is 6.37. The Hall–Kier alpha value is -1.92. The van der Waals surface area contributed by atoms with Crippen LogP contribution in [0.4, 0.5) is 10.5 Å². The Kier molecular flexibility index (Phi) is 3.59. The highest BCUT2D eigenvalue weighted by Gasteiger charge is 2.01. The minimum absolute atomic E-state index is 0.0228. The molecule has 2 aromatic rings. The van der Waals surface area contributed by atoms with Gasteiger partial charge in [-0.2, -0.15) is 0 Å². The zero-order valence-corrected chi connectivity index (χ0v) is 10.1. The van der Waals surface area contributed by atoms with E-state index in [1.54, 1.807) is 36.4 Å². The molecule has 0 aromatic heterocycles. The molecule has 0 saturated heterocycles. The summed E-state index contributed by atoms with van der Waals surface area (Å²) in [4.78, 5) is 10.5. The Labute approximate surface area is 106 Å². The van der Waals surface area contributed by atoms with E-state index < -0.39 is 17.2 Å². The maximum absolute atomic E-state index is 10.6. The van der Waals surface area contributed by atoms with Crippen LogP contribution in [0, 0.1) is 0 Å². The van der Waals surface area contributed by atoms with Gasteiger partial charge in [0.05, 0.1) is 0 Å². The van der Waals surface area contributed by atoms with Gasteiger partial charge in [-0.1, -0.05) is 35.3 Å². The van der Waals surface area contributed by atoms with E-state index in [9.17, 15) is 13.6 Å². The monoisotopic (exact) mass is 264 g/mol. The van der Waals surface area contributed by atoms with Gasteiger partial charge >= 0.3 is 6.09 Å². The number of amides is 1. The highest BCUT2D eigenvalue weighted by atomic mass is 32.2. The smallest absolute Gasteiger partial charge is 0.409 e. The van der Waals surface area contributed by atoms with Gasteiger partial charge in [0.25, 0.3) is 0 Å². The van der Waals surface area contributed by atoms with E-state index in [1.807, 2.05) is 0 Å². The van der Waals surface area contributed by atoms with E-state index in [0.29, 0.717) is 11.3 Å². The summed E-state index contributed by atoms with van der Waals surface area (Å²) in [5.41, 5.74) is 1.19. The highest BCUT2D eigenvalue weighted by molar-refractivity contribution is 7.78. The predicted octanol–water partition coefficient (Wildman–Crippen LogP) is 2.31. The third-order valence-electron chi connectivity index (χ3n) is 2.44. The summed E-state index contributed by atoms with van der Waals surface area (Å²) < 4.78 is 21.2. The summed E-state index contributed by atoms with van der Waals surface area (Å²) in [7, 11) is 0. The number of anilines is 1. The molecule has 1 unspecified atom stereocenters. The average Bonchev–Trinajstić information content (AvgIpc) is 2.27. The molecule has 94 valence electrons. The molecular formula is C12H10NO4S-. The SMILES string of the molecule is O=C(O)Nc1ccc2cc(CS(=O)[O-])ccc2c1. The van der Waals surface area contributed by atoms with Crippen molar-refractivity contribution in [2.45, 2.75) is 5.75 Å². The van der Waals surface area contributed by atoms with Crippen LogP contribution >= 0.6 is 0 Å². The minimum atomic E-state index is -2.11. The predicted molar refractivity (Wildman–Crippen MR) is 68.2 cm³/mol. The molecule has 0 spiro atoms. The molecule has 18 heavy (non-hydrogen) atoms. The first-order valence-electron chi connectivity index (χ1n) is 5.13. The standard InChI is InChI=1S/C12H11NO4S/c14-12(15)13-11-4-3-9-5-8(7-18(16)17)1-2-10(9)6-11/h1-6,13H,7H2,(H,14,15)(H,16,17)/p-1. The Balaban J connectivity index is 2.35. The fourth-order valence-corrected chi connectivity index (χ4v) is 2.17. The van der Waals surface area contributed by atoms with Gasteiger partial charge in [0.15, 0.2) is 0 Å². The number of benzene rings is 2. The van der Waals surface area contributed by atoms with Gasteiger partial charge in [0.1, 0.15) is 0 Å². The number of carbonyl (C=O) groups is 1. The fourth-order valence-electron chi connectivity index (χ4n) is 1.72. The summed E-state index contributed by atoms with van der Waals surface area (Å²) in [5, 5.41) is 12.6. The molecule has 0 aliphatic carbocycles. The van der Waals surface area contributed by atoms with E-state index in [2.05, 4.69) is 5.32 Å². The van der Waals surface area contributed by atoms with Gasteiger partial charge in [-0.3, -0.25) is 9.53 Å². The summed E-state index contributed by atoms with van der Waals surface area (Å²) >= 11 is -2.11. The molecule has 0 aliphatic heterocycles. The number of rotatable bonds is 3. The van der Waals surface area contributed by atoms with Crippen LogP contribution in [-0.2, 0) is 16.8 Å². The molecule has 0 aliphatic rings. The second kappa shape index (κ2) is 5.16. The Morgan fingerprint density at radius 2 is 1.89 bits per heavy atom. The third kappa shape index (κ3) is 3.06. The molecule has 2 rings (SSSR count). The first kappa shape index (κ1) is 12.5. The van der Waals surface area contributed by atoms with Crippen molar-refractivity contribution in [1.29, 1.82) is 0 Å². The molecule has 0 bridgehead atoms. The summed E-state index contributed by atoms with van der Waals surface area (Å²) in [6.07, 6.45) is -1.12. The topological polar surface area (TPSA) is 89.5 Å². The number of carboxylic acid groups (broad SMARTS) is 1. The van der Waals surface area contributed by atoms with Gasteiger partial charge in [0, 0.05) is 11.4 Å². The molecule has 0 fully saturated rings. The number of hydrogen-bond donors (Lipinski definition) is 2. The second-order valence-corrected chi connectivity index (χ2v) is 4.67. The molecule has 2 N–H and O–H groups in total. The third-order valence-corrected chi connectivity index (χ3v) is 3.01. The number of hydrogen-bond acceptors (Lipinski definition) is 3. The largest absolute Gasteiger partial charge is 0.772 e. The van der Waals surface area contributed by atoms with Crippen LogP contribution in [0.1, 0.15) is 5.56 Å². The van der Waals surface area contributed by atoms with Crippen molar-refractivity contribution in [2.24, 2.45) is 0 Å². The summed E-state index contributed by atoms with van der Waals surface area (Å²) in [5.74, 6) is -0.0228. The van der Waals surface area contributed by atoms with E-state index >= 15 is 0 Å². The maximum atomic E-state index is 10.6. The van der Waals surface area contributed by atoms with E-state index in [-0.39, 0.29) is 5.75 Å². The van der Waals surface area contributed by atoms with E-state index in [1.165, 1.54) is 0 Å². The van der Waals surface area contributed by atoms with Gasteiger partial charge in [-0.25, -0.2) is 4.79 Å². The van der Waals surface area contributed by atoms with Crippen molar-refractivity contribution in [2.75, 3.05) is 5.32 Å². The average molecular weight is 264 g/mol. The first-order chi connectivity index (χ1) is 8.54. The van der Waals surface area contributed by atoms with Crippen molar-refractivity contribution in [3.05, 3.63) is 42.0 Å². The minimum Gasteiger partial charge on any atom is -0.772 e. The van der Waals surface area contributed by atoms with Crippen LogP contribution in [0.15, 0.2) is 36.4 Å². The fraction of sp³-hybridized carbons (Fsp3) is 0.0833. The van der Waals surface area contributed by atoms with E-state index in [0.717, 1.165) is 10.8 Å². The Morgan fingerprint density at radius 3 is 2.56 bits per heavy atom. The van der Waals surface area contributed by atoms with Gasteiger partial charge in [0.2, 0.25) is 0 Å². The molecule has 1 amide bonds. The normalized spacial score (nSPS) is 12.3. The zero-order chi connectivity index (χ0) is 13.1. The van der Waals surface area contributed by atoms with Crippen molar-refractivity contribution >= 4 is 33.6 Å². The maximum Gasteiger partial charge on any atom is 0.409 e. The molecule has 0 heterocycles. The van der Waals surface area contributed by atoms with Gasteiger partial charge in [-0.15, -0.1) is 0 Å². The van der Waals surface area contributed by atoms with Crippen molar-refractivity contribution in [1.82, 2.24) is 0 Å². The lowest BCUT2D eigenvalue weighted by molar-refractivity contribution is 0.210. The molecule has 5 nitrogen and oxygen atoms in total. The lowest BCUT2D eigenvalue weighted by Gasteiger charge is -2.07. The number of nitrogens with one attached hydrogen (secondary N) is 1. The van der Waals surface area contributed by atoms with Crippen molar-refractivity contribution < 1.29 is 18.7 Å². The summed E-state index contributed by atoms with van der Waals surface area (Å²) in [6, 6.07) is 10.3. The quantitative estimate of drug-likeness (QED) is 0.832. The van der Waals surface area contributed by atoms with Crippen LogP contribution in [0.5, 0.6) is 0 Å². The van der Waals surface area contributed by atoms with Crippen molar-refractivity contribution in [3.8, 4) is 0 Å². The lowest BCUT2D eigenvalue weighted by atomic mass is 10.1. The Bertz CT molecular complexity index is 571. The molecule has 0 saturated carbocycles. The molecule has 2 aromatic carbocycles. The lowest BCUT2D eigenvalue weighted by Crippen LogP contribution is -2.06. The van der Waals surface area contributed by atoms with E-state index in [4.69, 9.17) is 5.11 Å². The van der Waals surface area contributed by atoms with Crippen LogP contribution in [0.3, 0.4) is 0 Å². The van der Waals surface area contributed by atoms with Crippen LogP contribution in [0.25, 0.3) is 10.8 Å². The van der Waals surface area contributed by atoms with Crippen molar-refractivity contribution in [3.63, 3.8) is 0 Å². The van der Waals surface area contributed by atoms with Gasteiger partial charge in [-0.05, 0) is 28.5 Å². The number of fused-ring (bicyclic) bond motifs is 1. The molecule has 6 heteroatoms. The van der Waals surface area contributed by atoms with Crippen LogP contribution in [0.2, 0.25) is 0 Å².